The highest BCUT2D eigenvalue weighted by Crippen LogP contribution is 2.36. The van der Waals surface area contributed by atoms with Crippen LogP contribution in [0.1, 0.15) is 26.4 Å². The fourth-order valence-corrected chi connectivity index (χ4v) is 4.54. The Morgan fingerprint density at radius 2 is 1.83 bits per heavy atom. The number of benzene rings is 2. The number of carbonyl (C=O) groups is 2. The summed E-state index contributed by atoms with van der Waals surface area (Å²) in [6.45, 7) is 1.91. The number of hydrogen-bond acceptors (Lipinski definition) is 3. The van der Waals surface area contributed by atoms with Crippen LogP contribution in [0.25, 0.3) is 22.0 Å². The first kappa shape index (κ1) is 19.5. The zero-order valence-electron chi connectivity index (χ0n) is 15.0. The highest BCUT2D eigenvalue weighted by Gasteiger charge is 2.22. The third-order valence-corrected chi connectivity index (χ3v) is 5.92. The van der Waals surface area contributed by atoms with Crippen molar-refractivity contribution in [2.75, 3.05) is 5.32 Å². The number of carbonyl (C=O) groups excluding carboxylic acids is 1. The second kappa shape index (κ2) is 7.55. The predicted octanol–water partition coefficient (Wildman–Crippen LogP) is 6.46. The molecule has 0 aliphatic heterocycles. The monoisotopic (exact) mass is 444 g/mol. The maximum atomic E-state index is 12.8. The summed E-state index contributed by atoms with van der Waals surface area (Å²) >= 11 is 13.3. The first-order chi connectivity index (χ1) is 13.8. The third-order valence-electron chi connectivity index (χ3n) is 4.46. The van der Waals surface area contributed by atoms with Crippen LogP contribution in [0.4, 0.5) is 5.00 Å². The van der Waals surface area contributed by atoms with Gasteiger partial charge in [-0.05, 0) is 48.4 Å². The Hall–Kier alpha value is -2.80. The summed E-state index contributed by atoms with van der Waals surface area (Å²) in [6.07, 6.45) is 0. The van der Waals surface area contributed by atoms with Gasteiger partial charge in [-0.3, -0.25) is 4.79 Å². The van der Waals surface area contributed by atoms with Crippen molar-refractivity contribution in [2.45, 2.75) is 6.92 Å². The number of thiophene rings is 1. The molecule has 2 aromatic carbocycles. The molecule has 2 aromatic heterocycles. The van der Waals surface area contributed by atoms with Gasteiger partial charge in [0, 0.05) is 26.9 Å². The number of amides is 1. The van der Waals surface area contributed by atoms with Gasteiger partial charge in [-0.1, -0.05) is 35.3 Å². The van der Waals surface area contributed by atoms with Crippen molar-refractivity contribution < 1.29 is 14.7 Å². The second-order valence-corrected chi connectivity index (χ2v) is 8.23. The quantitative estimate of drug-likeness (QED) is 0.337. The minimum atomic E-state index is -1.12. The molecule has 29 heavy (non-hydrogen) atoms. The molecular formula is C21H14Cl2N2O3S. The van der Waals surface area contributed by atoms with E-state index in [1.54, 1.807) is 35.7 Å². The number of carboxylic acids is 1. The van der Waals surface area contributed by atoms with Crippen molar-refractivity contribution in [2.24, 2.45) is 0 Å². The number of halogens is 2. The van der Waals surface area contributed by atoms with Crippen LogP contribution in [0, 0.1) is 6.92 Å². The minimum absolute atomic E-state index is 0.0376. The molecule has 0 aliphatic rings. The molecule has 0 bridgehead atoms. The minimum Gasteiger partial charge on any atom is -0.478 e. The molecule has 0 aliphatic carbocycles. The number of aryl methyl sites for hydroxylation is 1. The molecule has 146 valence electrons. The van der Waals surface area contributed by atoms with E-state index in [0.29, 0.717) is 26.9 Å². The molecule has 4 aromatic rings. The molecule has 3 N–H and O–H groups in total. The molecule has 2 heterocycles. The lowest BCUT2D eigenvalue weighted by Gasteiger charge is -2.05. The largest absolute Gasteiger partial charge is 0.478 e. The lowest BCUT2D eigenvalue weighted by atomic mass is 10.0. The van der Waals surface area contributed by atoms with Gasteiger partial charge in [0.15, 0.2) is 0 Å². The van der Waals surface area contributed by atoms with E-state index >= 15 is 0 Å². The molecule has 1 amide bonds. The second-order valence-electron chi connectivity index (χ2n) is 6.51. The van der Waals surface area contributed by atoms with Crippen LogP contribution >= 0.6 is 34.5 Å². The zero-order valence-corrected chi connectivity index (χ0v) is 17.4. The fraction of sp³-hybridized carbons (Fsp3) is 0.0476. The van der Waals surface area contributed by atoms with Crippen LogP contribution < -0.4 is 5.32 Å². The van der Waals surface area contributed by atoms with Gasteiger partial charge in [-0.2, -0.15) is 0 Å². The summed E-state index contributed by atoms with van der Waals surface area (Å²) in [6, 6.07) is 12.2. The van der Waals surface area contributed by atoms with Crippen LogP contribution in [-0.2, 0) is 0 Å². The van der Waals surface area contributed by atoms with Crippen molar-refractivity contribution in [3.63, 3.8) is 0 Å². The molecule has 5 nitrogen and oxygen atoms in total. The Bertz CT molecular complexity index is 1260. The molecule has 0 spiro atoms. The first-order valence-electron chi connectivity index (χ1n) is 8.54. The van der Waals surface area contributed by atoms with Gasteiger partial charge in [0.25, 0.3) is 5.91 Å². The van der Waals surface area contributed by atoms with E-state index < -0.39 is 11.9 Å². The fourth-order valence-electron chi connectivity index (χ4n) is 3.13. The molecule has 0 fully saturated rings. The van der Waals surface area contributed by atoms with E-state index in [9.17, 15) is 14.7 Å². The van der Waals surface area contributed by atoms with Crippen LogP contribution in [0.3, 0.4) is 0 Å². The zero-order chi connectivity index (χ0) is 20.7. The average Bonchev–Trinajstić information content (AvgIpc) is 3.27. The molecule has 0 unspecified atom stereocenters. The van der Waals surface area contributed by atoms with Crippen molar-refractivity contribution >= 4 is 62.3 Å². The number of fused-ring (bicyclic) bond motifs is 1. The van der Waals surface area contributed by atoms with Gasteiger partial charge >= 0.3 is 5.97 Å². The Morgan fingerprint density at radius 3 is 2.52 bits per heavy atom. The van der Waals surface area contributed by atoms with Gasteiger partial charge in [0.05, 0.1) is 5.02 Å². The molecular weight excluding hydrogens is 431 g/mol. The average molecular weight is 445 g/mol. The van der Waals surface area contributed by atoms with E-state index in [2.05, 4.69) is 10.3 Å². The molecule has 0 saturated carbocycles. The number of aromatic amines is 1. The van der Waals surface area contributed by atoms with Gasteiger partial charge in [0.2, 0.25) is 0 Å². The van der Waals surface area contributed by atoms with E-state index in [1.165, 1.54) is 0 Å². The summed E-state index contributed by atoms with van der Waals surface area (Å²) in [5.41, 5.74) is 3.27. The van der Waals surface area contributed by atoms with Crippen LogP contribution in [0.5, 0.6) is 0 Å². The van der Waals surface area contributed by atoms with Crippen LogP contribution in [0.2, 0.25) is 10.0 Å². The highest BCUT2D eigenvalue weighted by molar-refractivity contribution is 7.15. The van der Waals surface area contributed by atoms with E-state index in [4.69, 9.17) is 23.2 Å². The normalized spacial score (nSPS) is 11.0. The highest BCUT2D eigenvalue weighted by atomic mass is 35.5. The van der Waals surface area contributed by atoms with Gasteiger partial charge in [-0.15, -0.1) is 11.3 Å². The first-order valence-corrected chi connectivity index (χ1v) is 10.2. The summed E-state index contributed by atoms with van der Waals surface area (Å²) in [4.78, 5) is 27.7. The van der Waals surface area contributed by atoms with Crippen LogP contribution in [0.15, 0.2) is 47.8 Å². The van der Waals surface area contributed by atoms with Gasteiger partial charge in [0.1, 0.15) is 16.3 Å². The summed E-state index contributed by atoms with van der Waals surface area (Å²) in [5, 5.41) is 16.2. The summed E-state index contributed by atoms with van der Waals surface area (Å²) in [5.74, 6) is -1.57. The molecule has 4 rings (SSSR count). The smallest absolute Gasteiger partial charge is 0.339 e. The predicted molar refractivity (Wildman–Crippen MR) is 118 cm³/mol. The van der Waals surface area contributed by atoms with Gasteiger partial charge in [-0.25, -0.2) is 4.79 Å². The van der Waals surface area contributed by atoms with E-state index in [0.717, 1.165) is 27.8 Å². The number of H-pyrrole nitrogens is 1. The molecule has 0 atom stereocenters. The number of aromatic carboxylic acids is 1. The maximum Gasteiger partial charge on any atom is 0.339 e. The number of aromatic nitrogens is 1. The number of anilines is 1. The van der Waals surface area contributed by atoms with Crippen molar-refractivity contribution in [3.8, 4) is 11.1 Å². The number of nitrogens with one attached hydrogen (secondary N) is 2. The van der Waals surface area contributed by atoms with E-state index in [1.807, 2.05) is 19.1 Å². The van der Waals surface area contributed by atoms with Crippen LogP contribution in [-0.4, -0.2) is 22.0 Å². The third kappa shape index (κ3) is 3.74. The topological polar surface area (TPSA) is 82.2 Å². The lowest BCUT2D eigenvalue weighted by Crippen LogP contribution is -2.13. The van der Waals surface area contributed by atoms with Crippen molar-refractivity contribution in [1.29, 1.82) is 0 Å². The Labute approximate surface area is 179 Å². The summed E-state index contributed by atoms with van der Waals surface area (Å²) in [7, 11) is 0. The number of hydrogen-bond donors (Lipinski definition) is 3. The summed E-state index contributed by atoms with van der Waals surface area (Å²) < 4.78 is 0. The Balaban J connectivity index is 1.69. The molecule has 0 radical (unpaired) electrons. The Kier molecular flexibility index (Phi) is 5.08. The molecule has 8 heteroatoms. The van der Waals surface area contributed by atoms with Crippen molar-refractivity contribution in [3.05, 3.63) is 74.7 Å². The SMILES string of the molecule is Cc1cc(Cl)c2cc(C(=O)Nc3scc(-c4ccc(Cl)cc4)c3C(=O)O)[nH]c2c1. The maximum absolute atomic E-state index is 12.8. The number of carboxylic acid groups (broad SMARTS) is 1. The molecule has 0 saturated heterocycles. The number of rotatable bonds is 4. The Morgan fingerprint density at radius 1 is 1.10 bits per heavy atom. The standard InChI is InChI=1S/C21H14Cl2N2O3S/c1-10-6-15(23)13-8-17(24-16(13)7-10)19(26)25-20-18(21(27)28)14(9-29-20)11-2-4-12(22)5-3-11/h2-9,24H,1H3,(H,25,26)(H,27,28). The lowest BCUT2D eigenvalue weighted by molar-refractivity contribution is 0.0699. The van der Waals surface area contributed by atoms with E-state index in [-0.39, 0.29) is 10.6 Å². The van der Waals surface area contributed by atoms with Crippen molar-refractivity contribution in [1.82, 2.24) is 4.98 Å². The van der Waals surface area contributed by atoms with Gasteiger partial charge < -0.3 is 15.4 Å².